The number of ether oxygens (including phenoxy) is 2. The van der Waals surface area contributed by atoms with Crippen molar-refractivity contribution in [2.24, 2.45) is 5.10 Å². The van der Waals surface area contributed by atoms with E-state index in [0.29, 0.717) is 0 Å². The molecular formula is C16H13F3N2O3. The van der Waals surface area contributed by atoms with E-state index in [1.807, 2.05) is 0 Å². The van der Waals surface area contributed by atoms with Gasteiger partial charge in [0.2, 0.25) is 0 Å². The second-order valence-electron chi connectivity index (χ2n) is 4.43. The number of para-hydroxylation sites is 2. The number of hydrogen-bond donors (Lipinski definition) is 1. The Kier molecular flexibility index (Phi) is 6.18. The number of nitrogens with one attached hydrogen (secondary N) is 1. The first-order valence-corrected chi connectivity index (χ1v) is 6.79. The first kappa shape index (κ1) is 17.3. The number of nitrogens with zero attached hydrogens (tertiary/aromatic N) is 1. The molecule has 0 atom stereocenters. The third-order valence-electron chi connectivity index (χ3n) is 2.72. The first-order chi connectivity index (χ1) is 11.6. The lowest BCUT2D eigenvalue weighted by atomic mass is 10.2. The van der Waals surface area contributed by atoms with Crippen molar-refractivity contribution in [1.29, 1.82) is 0 Å². The fraction of sp³-hybridized carbons (Fsp3) is 0.125. The molecule has 0 bridgehead atoms. The predicted octanol–water partition coefficient (Wildman–Crippen LogP) is 2.96. The van der Waals surface area contributed by atoms with Gasteiger partial charge in [0.25, 0.3) is 5.91 Å². The number of carbonyl (C=O) groups is 1. The van der Waals surface area contributed by atoms with Gasteiger partial charge in [0.05, 0.1) is 6.21 Å². The van der Waals surface area contributed by atoms with Crippen molar-refractivity contribution in [3.63, 3.8) is 0 Å². The number of alkyl halides is 2. The number of rotatable bonds is 7. The van der Waals surface area contributed by atoms with Gasteiger partial charge in [-0.3, -0.25) is 4.79 Å². The minimum Gasteiger partial charge on any atom is -0.481 e. The van der Waals surface area contributed by atoms with Crippen molar-refractivity contribution < 1.29 is 27.4 Å². The van der Waals surface area contributed by atoms with Gasteiger partial charge in [-0.15, -0.1) is 0 Å². The van der Waals surface area contributed by atoms with E-state index in [1.165, 1.54) is 36.4 Å². The molecule has 1 N–H and O–H groups in total. The molecule has 0 aliphatic carbocycles. The lowest BCUT2D eigenvalue weighted by Crippen LogP contribution is -2.24. The molecule has 0 aromatic heterocycles. The summed E-state index contributed by atoms with van der Waals surface area (Å²) < 4.78 is 47.1. The number of halogens is 3. The van der Waals surface area contributed by atoms with Crippen molar-refractivity contribution in [1.82, 2.24) is 5.43 Å². The summed E-state index contributed by atoms with van der Waals surface area (Å²) in [6, 6.07) is 11.6. The van der Waals surface area contributed by atoms with Crippen LogP contribution in [0.5, 0.6) is 11.5 Å². The normalized spacial score (nSPS) is 10.8. The molecule has 1 amide bonds. The Bertz CT molecular complexity index is 723. The molecule has 126 valence electrons. The second-order valence-corrected chi connectivity index (χ2v) is 4.43. The number of hydrazone groups is 1. The molecule has 0 fully saturated rings. The first-order valence-electron chi connectivity index (χ1n) is 6.79. The maximum atomic E-state index is 13.3. The van der Waals surface area contributed by atoms with E-state index in [-0.39, 0.29) is 17.1 Å². The van der Waals surface area contributed by atoms with Crippen LogP contribution in [0.3, 0.4) is 0 Å². The second kappa shape index (κ2) is 8.56. The van der Waals surface area contributed by atoms with Crippen LogP contribution in [-0.2, 0) is 4.79 Å². The Hall–Kier alpha value is -3.03. The summed E-state index contributed by atoms with van der Waals surface area (Å²) in [7, 11) is 0. The molecule has 0 saturated carbocycles. The fourth-order valence-corrected chi connectivity index (χ4v) is 1.70. The van der Waals surface area contributed by atoms with Gasteiger partial charge in [-0.2, -0.15) is 13.9 Å². The average molecular weight is 338 g/mol. The van der Waals surface area contributed by atoms with Crippen LogP contribution in [0.4, 0.5) is 13.2 Å². The van der Waals surface area contributed by atoms with Crippen LogP contribution in [0, 0.1) is 5.82 Å². The summed E-state index contributed by atoms with van der Waals surface area (Å²) in [6.45, 7) is -3.42. The molecule has 0 aliphatic rings. The molecule has 0 unspecified atom stereocenters. The summed E-state index contributed by atoms with van der Waals surface area (Å²) in [6.07, 6.45) is 1.15. The maximum Gasteiger partial charge on any atom is 0.387 e. The highest BCUT2D eigenvalue weighted by atomic mass is 19.3. The van der Waals surface area contributed by atoms with E-state index >= 15 is 0 Å². The zero-order valence-corrected chi connectivity index (χ0v) is 12.3. The molecule has 0 saturated heterocycles. The Labute approximate surface area is 135 Å². The fourth-order valence-electron chi connectivity index (χ4n) is 1.70. The molecule has 0 heterocycles. The van der Waals surface area contributed by atoms with Gasteiger partial charge in [-0.1, -0.05) is 24.3 Å². The Morgan fingerprint density at radius 3 is 2.50 bits per heavy atom. The minimum atomic E-state index is -2.97. The molecular weight excluding hydrogens is 325 g/mol. The highest BCUT2D eigenvalue weighted by Gasteiger charge is 2.08. The van der Waals surface area contributed by atoms with Crippen LogP contribution in [-0.4, -0.2) is 25.3 Å². The highest BCUT2D eigenvalue weighted by Crippen LogP contribution is 2.18. The van der Waals surface area contributed by atoms with E-state index in [2.05, 4.69) is 15.3 Å². The number of amides is 1. The lowest BCUT2D eigenvalue weighted by Gasteiger charge is -2.07. The van der Waals surface area contributed by atoms with E-state index in [1.54, 1.807) is 12.1 Å². The summed E-state index contributed by atoms with van der Waals surface area (Å²) in [5.74, 6) is -1.37. The average Bonchev–Trinajstić information content (AvgIpc) is 2.55. The van der Waals surface area contributed by atoms with E-state index in [9.17, 15) is 18.0 Å². The van der Waals surface area contributed by atoms with Crippen LogP contribution in [0.15, 0.2) is 53.6 Å². The molecule has 24 heavy (non-hydrogen) atoms. The quantitative estimate of drug-likeness (QED) is 0.624. The molecule has 5 nitrogen and oxygen atoms in total. The van der Waals surface area contributed by atoms with Crippen LogP contribution < -0.4 is 14.9 Å². The molecule has 0 aliphatic heterocycles. The Morgan fingerprint density at radius 1 is 1.12 bits per heavy atom. The molecule has 2 aromatic carbocycles. The van der Waals surface area contributed by atoms with Crippen LogP contribution in [0.1, 0.15) is 5.56 Å². The third kappa shape index (κ3) is 5.31. The zero-order valence-electron chi connectivity index (χ0n) is 12.3. The van der Waals surface area contributed by atoms with Gasteiger partial charge in [0.1, 0.15) is 5.75 Å². The van der Waals surface area contributed by atoms with Crippen LogP contribution >= 0.6 is 0 Å². The van der Waals surface area contributed by atoms with Crippen molar-refractivity contribution in [3.05, 3.63) is 59.9 Å². The van der Waals surface area contributed by atoms with Crippen molar-refractivity contribution in [2.45, 2.75) is 6.61 Å². The van der Waals surface area contributed by atoms with Crippen molar-refractivity contribution >= 4 is 12.1 Å². The van der Waals surface area contributed by atoms with Gasteiger partial charge in [-0.25, -0.2) is 9.82 Å². The summed E-state index contributed by atoms with van der Waals surface area (Å²) in [5.41, 5.74) is 2.40. The SMILES string of the molecule is O=C(COc1ccccc1F)N/N=C\c1ccccc1OC(F)F. The smallest absolute Gasteiger partial charge is 0.387 e. The number of carbonyl (C=O) groups excluding carboxylic acids is 1. The minimum absolute atomic E-state index is 0.0627. The van der Waals surface area contributed by atoms with Crippen LogP contribution in [0.2, 0.25) is 0 Å². The van der Waals surface area contributed by atoms with E-state index < -0.39 is 24.9 Å². The summed E-state index contributed by atoms with van der Waals surface area (Å²) in [4.78, 5) is 11.6. The maximum absolute atomic E-state index is 13.3. The monoisotopic (exact) mass is 338 g/mol. The predicted molar refractivity (Wildman–Crippen MR) is 80.7 cm³/mol. The molecule has 2 aromatic rings. The third-order valence-corrected chi connectivity index (χ3v) is 2.72. The van der Waals surface area contributed by atoms with Gasteiger partial charge in [0.15, 0.2) is 18.2 Å². The zero-order chi connectivity index (χ0) is 17.4. The van der Waals surface area contributed by atoms with Crippen molar-refractivity contribution in [3.8, 4) is 11.5 Å². The molecule has 2 rings (SSSR count). The number of benzene rings is 2. The molecule has 0 radical (unpaired) electrons. The highest BCUT2D eigenvalue weighted by molar-refractivity contribution is 5.85. The Morgan fingerprint density at radius 2 is 1.79 bits per heavy atom. The summed E-state index contributed by atoms with van der Waals surface area (Å²) >= 11 is 0. The largest absolute Gasteiger partial charge is 0.481 e. The van der Waals surface area contributed by atoms with Gasteiger partial charge in [-0.05, 0) is 24.3 Å². The standard InChI is InChI=1S/C16H13F3N2O3/c17-12-6-2-4-8-14(12)23-10-15(22)21-20-9-11-5-1-3-7-13(11)24-16(18)19/h1-9,16H,10H2,(H,21,22)/b20-9-. The molecule has 8 heteroatoms. The Balaban J connectivity index is 1.88. The van der Waals surface area contributed by atoms with Crippen LogP contribution in [0.25, 0.3) is 0 Å². The topological polar surface area (TPSA) is 59.9 Å². The van der Waals surface area contributed by atoms with E-state index in [4.69, 9.17) is 4.74 Å². The summed E-state index contributed by atoms with van der Waals surface area (Å²) in [5, 5.41) is 3.62. The van der Waals surface area contributed by atoms with Gasteiger partial charge in [0, 0.05) is 5.56 Å². The molecule has 0 spiro atoms. The van der Waals surface area contributed by atoms with Gasteiger partial charge < -0.3 is 9.47 Å². The number of hydrogen-bond acceptors (Lipinski definition) is 4. The lowest BCUT2D eigenvalue weighted by molar-refractivity contribution is -0.123. The van der Waals surface area contributed by atoms with E-state index in [0.717, 1.165) is 6.21 Å². The van der Waals surface area contributed by atoms with Gasteiger partial charge >= 0.3 is 6.61 Å². The van der Waals surface area contributed by atoms with Crippen molar-refractivity contribution in [2.75, 3.05) is 6.61 Å².